The Kier molecular flexibility index (Phi) is 2.60. The molecule has 0 aliphatic heterocycles. The molecule has 0 aromatic carbocycles. The van der Waals surface area contributed by atoms with Crippen molar-refractivity contribution in [3.63, 3.8) is 0 Å². The van der Waals surface area contributed by atoms with Crippen LogP contribution in [0.2, 0.25) is 0 Å². The van der Waals surface area contributed by atoms with Gasteiger partial charge in [-0.2, -0.15) is 13.2 Å². The smallest absolute Gasteiger partial charge is 0.399 e. The van der Waals surface area contributed by atoms with Crippen molar-refractivity contribution >= 4 is 5.97 Å². The second kappa shape index (κ2) is 3.72. The molecule has 0 bridgehead atoms. The first-order chi connectivity index (χ1) is 7.87. The van der Waals surface area contributed by atoms with Crippen molar-refractivity contribution in [1.82, 2.24) is 4.98 Å². The van der Waals surface area contributed by atoms with Gasteiger partial charge in [0.1, 0.15) is 11.1 Å². The summed E-state index contributed by atoms with van der Waals surface area (Å²) in [5.74, 6) is -1.32. The number of carbonyl (C=O) groups is 1. The minimum Gasteiger partial charge on any atom is -0.477 e. The number of alkyl halides is 3. The van der Waals surface area contributed by atoms with E-state index in [0.29, 0.717) is 6.42 Å². The minimum absolute atomic E-state index is 0.0213. The fourth-order valence-electron chi connectivity index (χ4n) is 2.04. The summed E-state index contributed by atoms with van der Waals surface area (Å²) >= 11 is 0. The molecular weight excluding hydrogens is 235 g/mol. The minimum atomic E-state index is -4.38. The van der Waals surface area contributed by atoms with Crippen molar-refractivity contribution in [2.75, 3.05) is 0 Å². The molecule has 0 radical (unpaired) electrons. The van der Waals surface area contributed by atoms with Crippen molar-refractivity contribution in [1.29, 1.82) is 0 Å². The van der Waals surface area contributed by atoms with Crippen LogP contribution in [0.25, 0.3) is 0 Å². The Hall–Kier alpha value is -1.59. The lowest BCUT2D eigenvalue weighted by Crippen LogP contribution is -2.48. The Balaban J connectivity index is 2.45. The van der Waals surface area contributed by atoms with E-state index in [0.717, 1.165) is 0 Å². The third-order valence-electron chi connectivity index (χ3n) is 3.21. The van der Waals surface area contributed by atoms with Gasteiger partial charge in [0.2, 0.25) is 0 Å². The average Bonchev–Trinajstić information content (AvgIpc) is 2.13. The largest absolute Gasteiger partial charge is 0.477 e. The van der Waals surface area contributed by atoms with Gasteiger partial charge in [0.25, 0.3) is 0 Å². The zero-order chi connectivity index (χ0) is 12.7. The molecular formula is C11H10F3NO2. The maximum Gasteiger partial charge on any atom is 0.399 e. The molecule has 1 fully saturated rings. The van der Waals surface area contributed by atoms with Crippen LogP contribution < -0.4 is 0 Å². The van der Waals surface area contributed by atoms with E-state index in [2.05, 4.69) is 4.98 Å². The van der Waals surface area contributed by atoms with Crippen LogP contribution in [-0.4, -0.2) is 22.2 Å². The van der Waals surface area contributed by atoms with Crippen molar-refractivity contribution in [2.24, 2.45) is 0 Å². The first-order valence-corrected chi connectivity index (χ1v) is 5.14. The predicted molar refractivity (Wildman–Crippen MR) is 52.8 cm³/mol. The Labute approximate surface area is 95.3 Å². The lowest BCUT2D eigenvalue weighted by atomic mass is 9.66. The molecule has 1 heterocycles. The third-order valence-corrected chi connectivity index (χ3v) is 3.21. The average molecular weight is 245 g/mol. The van der Waals surface area contributed by atoms with Crippen LogP contribution in [0.3, 0.4) is 0 Å². The summed E-state index contributed by atoms with van der Waals surface area (Å²) in [6.07, 6.45) is -3.94. The van der Waals surface area contributed by atoms with Crippen LogP contribution in [0, 0.1) is 0 Å². The highest BCUT2D eigenvalue weighted by Crippen LogP contribution is 2.53. The van der Waals surface area contributed by atoms with Crippen LogP contribution in [0.4, 0.5) is 13.2 Å². The van der Waals surface area contributed by atoms with E-state index in [-0.39, 0.29) is 24.2 Å². The maximum absolute atomic E-state index is 13.0. The number of hydrogen-bond acceptors (Lipinski definition) is 2. The van der Waals surface area contributed by atoms with E-state index < -0.39 is 17.6 Å². The fraction of sp³-hybridized carbons (Fsp3) is 0.455. The zero-order valence-electron chi connectivity index (χ0n) is 8.79. The number of pyridine rings is 1. The van der Waals surface area contributed by atoms with Gasteiger partial charge in [-0.05, 0) is 25.0 Å². The predicted octanol–water partition coefficient (Wildman–Crippen LogP) is 2.76. The van der Waals surface area contributed by atoms with Crippen molar-refractivity contribution in [3.8, 4) is 0 Å². The molecule has 1 N–H and O–H groups in total. The second-order valence-electron chi connectivity index (χ2n) is 4.15. The zero-order valence-corrected chi connectivity index (χ0v) is 8.79. The summed E-state index contributed by atoms with van der Waals surface area (Å²) in [5.41, 5.74) is -2.48. The topological polar surface area (TPSA) is 50.2 Å². The first kappa shape index (κ1) is 11.9. The number of nitrogens with zero attached hydrogens (tertiary/aromatic N) is 1. The number of carboxylic acid groups (broad SMARTS) is 1. The van der Waals surface area contributed by atoms with Crippen LogP contribution in [0.15, 0.2) is 18.2 Å². The van der Waals surface area contributed by atoms with E-state index >= 15 is 0 Å². The number of carboxylic acids is 1. The van der Waals surface area contributed by atoms with Gasteiger partial charge in [-0.15, -0.1) is 0 Å². The maximum atomic E-state index is 13.0. The molecule has 1 aliphatic rings. The summed E-state index contributed by atoms with van der Waals surface area (Å²) in [4.78, 5) is 14.3. The summed E-state index contributed by atoms with van der Waals surface area (Å²) in [6, 6.07) is 3.74. The highest BCUT2D eigenvalue weighted by molar-refractivity contribution is 5.85. The monoisotopic (exact) mass is 245 g/mol. The number of aromatic carboxylic acids is 1. The van der Waals surface area contributed by atoms with Crippen molar-refractivity contribution in [2.45, 2.75) is 30.9 Å². The van der Waals surface area contributed by atoms with Gasteiger partial charge >= 0.3 is 12.1 Å². The van der Waals surface area contributed by atoms with Crippen LogP contribution in [0.5, 0.6) is 0 Å². The van der Waals surface area contributed by atoms with E-state index in [1.54, 1.807) is 0 Å². The quantitative estimate of drug-likeness (QED) is 0.871. The first-order valence-electron chi connectivity index (χ1n) is 5.14. The van der Waals surface area contributed by atoms with Crippen LogP contribution in [-0.2, 0) is 5.41 Å². The Morgan fingerprint density at radius 2 is 2.00 bits per heavy atom. The van der Waals surface area contributed by atoms with Gasteiger partial charge in [-0.25, -0.2) is 9.78 Å². The Morgan fingerprint density at radius 3 is 2.41 bits per heavy atom. The molecule has 6 heteroatoms. The SMILES string of the molecule is O=C(O)c1cccc(C2(C(F)(F)F)CCC2)n1. The number of rotatable bonds is 2. The van der Waals surface area contributed by atoms with Crippen molar-refractivity contribution < 1.29 is 23.1 Å². The molecule has 0 spiro atoms. The van der Waals surface area contributed by atoms with Gasteiger partial charge in [-0.3, -0.25) is 0 Å². The summed E-state index contributed by atoms with van der Waals surface area (Å²) in [6.45, 7) is 0. The van der Waals surface area contributed by atoms with Gasteiger partial charge in [0.15, 0.2) is 0 Å². The van der Waals surface area contributed by atoms with E-state index in [4.69, 9.17) is 5.11 Å². The van der Waals surface area contributed by atoms with Gasteiger partial charge < -0.3 is 5.11 Å². The van der Waals surface area contributed by atoms with Crippen molar-refractivity contribution in [3.05, 3.63) is 29.6 Å². The lowest BCUT2D eigenvalue weighted by molar-refractivity contribution is -0.214. The molecule has 0 unspecified atom stereocenters. The third kappa shape index (κ3) is 1.77. The highest BCUT2D eigenvalue weighted by atomic mass is 19.4. The highest BCUT2D eigenvalue weighted by Gasteiger charge is 2.60. The normalized spacial score (nSPS) is 18.5. The molecule has 2 rings (SSSR count). The van der Waals surface area contributed by atoms with Gasteiger partial charge in [0, 0.05) is 0 Å². The number of aromatic nitrogens is 1. The lowest BCUT2D eigenvalue weighted by Gasteiger charge is -2.42. The molecule has 0 atom stereocenters. The standard InChI is InChI=1S/C11H10F3NO2/c12-11(13,14)10(5-2-6-10)8-4-1-3-7(15-8)9(16)17/h1,3-4H,2,5-6H2,(H,16,17). The Morgan fingerprint density at radius 1 is 1.35 bits per heavy atom. The molecule has 0 saturated heterocycles. The molecule has 1 saturated carbocycles. The number of hydrogen-bond donors (Lipinski definition) is 1. The molecule has 1 aliphatic carbocycles. The molecule has 92 valence electrons. The molecule has 1 aromatic heterocycles. The van der Waals surface area contributed by atoms with E-state index in [1.165, 1.54) is 18.2 Å². The number of halogens is 3. The van der Waals surface area contributed by atoms with Gasteiger partial charge in [0.05, 0.1) is 5.69 Å². The summed E-state index contributed by atoms with van der Waals surface area (Å²) in [7, 11) is 0. The molecule has 1 aromatic rings. The molecule has 0 amide bonds. The Bertz CT molecular complexity index is 452. The molecule has 17 heavy (non-hydrogen) atoms. The van der Waals surface area contributed by atoms with E-state index in [9.17, 15) is 18.0 Å². The summed E-state index contributed by atoms with van der Waals surface area (Å²) in [5, 5.41) is 8.72. The summed E-state index contributed by atoms with van der Waals surface area (Å²) < 4.78 is 39.0. The van der Waals surface area contributed by atoms with Crippen LogP contribution >= 0.6 is 0 Å². The molecule has 3 nitrogen and oxygen atoms in total. The van der Waals surface area contributed by atoms with E-state index in [1.807, 2.05) is 0 Å². The second-order valence-corrected chi connectivity index (χ2v) is 4.15. The van der Waals surface area contributed by atoms with Crippen LogP contribution in [0.1, 0.15) is 35.4 Å². The fourth-order valence-corrected chi connectivity index (χ4v) is 2.04. The van der Waals surface area contributed by atoms with Gasteiger partial charge in [-0.1, -0.05) is 12.5 Å².